The van der Waals surface area contributed by atoms with Gasteiger partial charge in [0, 0.05) is 32.1 Å². The largest absolute Gasteiger partial charge is 0.491 e. The smallest absolute Gasteiger partial charge is 0.227 e. The van der Waals surface area contributed by atoms with E-state index in [0.29, 0.717) is 19.5 Å². The van der Waals surface area contributed by atoms with Crippen LogP contribution in [0.3, 0.4) is 0 Å². The Morgan fingerprint density at radius 1 is 0.963 bits per heavy atom. The Hall–Kier alpha value is -2.04. The molecule has 0 saturated carbocycles. The average molecular weight is 375 g/mol. The van der Waals surface area contributed by atoms with E-state index in [4.69, 9.17) is 4.74 Å². The van der Waals surface area contributed by atoms with Crippen molar-refractivity contribution in [2.45, 2.75) is 59.5 Å². The van der Waals surface area contributed by atoms with E-state index in [9.17, 15) is 9.59 Å². The molecule has 1 fully saturated rings. The van der Waals surface area contributed by atoms with E-state index in [1.807, 2.05) is 47.9 Å². The minimum atomic E-state index is 0.110. The molecule has 1 aromatic carbocycles. The average Bonchev–Trinajstić information content (AvgIpc) is 2.90. The Bertz CT molecular complexity index is 608. The lowest BCUT2D eigenvalue weighted by Crippen LogP contribution is -2.40. The maximum absolute atomic E-state index is 12.7. The van der Waals surface area contributed by atoms with Gasteiger partial charge in [0.15, 0.2) is 0 Å². The van der Waals surface area contributed by atoms with E-state index < -0.39 is 0 Å². The van der Waals surface area contributed by atoms with Gasteiger partial charge in [-0.1, -0.05) is 26.0 Å². The van der Waals surface area contributed by atoms with Gasteiger partial charge in [-0.2, -0.15) is 0 Å². The van der Waals surface area contributed by atoms with Crippen LogP contribution in [0.1, 0.15) is 52.5 Å². The van der Waals surface area contributed by atoms with Crippen LogP contribution >= 0.6 is 0 Å². The molecule has 2 amide bonds. The Morgan fingerprint density at radius 2 is 1.56 bits per heavy atom. The van der Waals surface area contributed by atoms with Gasteiger partial charge in [0.2, 0.25) is 11.8 Å². The van der Waals surface area contributed by atoms with E-state index >= 15 is 0 Å². The molecule has 1 saturated heterocycles. The predicted molar refractivity (Wildman–Crippen MR) is 108 cm³/mol. The fourth-order valence-corrected chi connectivity index (χ4v) is 3.53. The van der Waals surface area contributed by atoms with E-state index in [1.54, 1.807) is 0 Å². The molecular formula is C22H34N2O3. The van der Waals surface area contributed by atoms with Crippen molar-refractivity contribution in [1.29, 1.82) is 0 Å². The van der Waals surface area contributed by atoms with Crippen LogP contribution in [0.2, 0.25) is 0 Å². The topological polar surface area (TPSA) is 49.9 Å². The van der Waals surface area contributed by atoms with E-state index in [2.05, 4.69) is 13.8 Å². The molecule has 5 heteroatoms. The van der Waals surface area contributed by atoms with Crippen LogP contribution in [0.15, 0.2) is 24.3 Å². The van der Waals surface area contributed by atoms with Gasteiger partial charge in [0.25, 0.3) is 0 Å². The summed E-state index contributed by atoms with van der Waals surface area (Å²) in [5.41, 5.74) is 0.991. The first-order valence-corrected chi connectivity index (χ1v) is 10.3. The summed E-state index contributed by atoms with van der Waals surface area (Å²) in [4.78, 5) is 29.1. The summed E-state index contributed by atoms with van der Waals surface area (Å²) in [5.74, 6) is 1.31. The second kappa shape index (κ2) is 10.3. The number of benzene rings is 1. The van der Waals surface area contributed by atoms with E-state index in [0.717, 1.165) is 43.7 Å². The monoisotopic (exact) mass is 374 g/mol. The summed E-state index contributed by atoms with van der Waals surface area (Å²) >= 11 is 0. The number of carbonyl (C=O) groups is 2. The van der Waals surface area contributed by atoms with Crippen molar-refractivity contribution in [2.24, 2.45) is 5.92 Å². The number of nitrogens with zero attached hydrogens (tertiary/aromatic N) is 2. The van der Waals surface area contributed by atoms with Crippen molar-refractivity contribution < 1.29 is 14.3 Å². The fraction of sp³-hybridized carbons (Fsp3) is 0.636. The highest BCUT2D eigenvalue weighted by Gasteiger charge is 2.25. The molecule has 1 heterocycles. The van der Waals surface area contributed by atoms with Gasteiger partial charge in [-0.3, -0.25) is 9.59 Å². The number of hydrogen-bond acceptors (Lipinski definition) is 3. The molecule has 2 rings (SSSR count). The number of carbonyl (C=O) groups excluding carboxylic acids is 2. The molecular weight excluding hydrogens is 340 g/mol. The lowest BCUT2D eigenvalue weighted by molar-refractivity contribution is -0.136. The quantitative estimate of drug-likeness (QED) is 0.734. The van der Waals surface area contributed by atoms with E-state index in [1.165, 1.54) is 0 Å². The highest BCUT2D eigenvalue weighted by Crippen LogP contribution is 2.17. The summed E-state index contributed by atoms with van der Waals surface area (Å²) in [6.45, 7) is 10.9. The minimum absolute atomic E-state index is 0.110. The second-order valence-corrected chi connectivity index (χ2v) is 7.56. The molecule has 0 radical (unpaired) electrons. The SMILES string of the molecule is CCC(CC)C(=O)N1CCCN(C(=O)Cc2ccc(OC(C)C)cc2)CC1. The summed E-state index contributed by atoms with van der Waals surface area (Å²) in [7, 11) is 0. The summed E-state index contributed by atoms with van der Waals surface area (Å²) < 4.78 is 5.65. The van der Waals surface area contributed by atoms with E-state index in [-0.39, 0.29) is 23.8 Å². The first kappa shape index (κ1) is 21.3. The summed E-state index contributed by atoms with van der Waals surface area (Å²) in [5, 5.41) is 0. The molecule has 1 aliphatic rings. The van der Waals surface area contributed by atoms with Gasteiger partial charge >= 0.3 is 0 Å². The third-order valence-corrected chi connectivity index (χ3v) is 5.15. The minimum Gasteiger partial charge on any atom is -0.491 e. The van der Waals surface area contributed by atoms with Crippen molar-refractivity contribution >= 4 is 11.8 Å². The van der Waals surface area contributed by atoms with Crippen molar-refractivity contribution in [1.82, 2.24) is 9.80 Å². The molecule has 0 N–H and O–H groups in total. The van der Waals surface area contributed by atoms with Crippen molar-refractivity contribution in [3.05, 3.63) is 29.8 Å². The van der Waals surface area contributed by atoms with Gasteiger partial charge in [0.05, 0.1) is 12.5 Å². The number of rotatable bonds is 7. The molecule has 1 aliphatic heterocycles. The molecule has 27 heavy (non-hydrogen) atoms. The zero-order valence-electron chi connectivity index (χ0n) is 17.2. The third-order valence-electron chi connectivity index (χ3n) is 5.15. The van der Waals surface area contributed by atoms with Crippen LogP contribution in [-0.4, -0.2) is 53.9 Å². The summed E-state index contributed by atoms with van der Waals surface area (Å²) in [6, 6.07) is 7.74. The van der Waals surface area contributed by atoms with Crippen LogP contribution < -0.4 is 4.74 Å². The molecule has 0 atom stereocenters. The maximum Gasteiger partial charge on any atom is 0.227 e. The zero-order valence-corrected chi connectivity index (χ0v) is 17.2. The maximum atomic E-state index is 12.7. The van der Waals surface area contributed by atoms with Gasteiger partial charge in [-0.25, -0.2) is 0 Å². The van der Waals surface area contributed by atoms with Crippen LogP contribution in [0.4, 0.5) is 0 Å². The van der Waals surface area contributed by atoms with Crippen LogP contribution in [0.5, 0.6) is 5.75 Å². The molecule has 0 aromatic heterocycles. The first-order chi connectivity index (χ1) is 12.9. The molecule has 5 nitrogen and oxygen atoms in total. The fourth-order valence-electron chi connectivity index (χ4n) is 3.53. The molecule has 150 valence electrons. The number of ether oxygens (including phenoxy) is 1. The highest BCUT2D eigenvalue weighted by molar-refractivity contribution is 5.80. The lowest BCUT2D eigenvalue weighted by Gasteiger charge is -2.25. The Kier molecular flexibility index (Phi) is 8.14. The Balaban J connectivity index is 1.89. The summed E-state index contributed by atoms with van der Waals surface area (Å²) in [6.07, 6.45) is 3.14. The van der Waals surface area contributed by atoms with Crippen LogP contribution in [-0.2, 0) is 16.0 Å². The lowest BCUT2D eigenvalue weighted by atomic mass is 10.0. The standard InChI is InChI=1S/C22H34N2O3/c1-5-19(6-2)22(26)24-13-7-12-23(14-15-24)21(25)16-18-8-10-20(11-9-18)27-17(3)4/h8-11,17,19H,5-7,12-16H2,1-4H3. The van der Waals surface area contributed by atoms with Crippen molar-refractivity contribution in [3.8, 4) is 5.75 Å². The molecule has 0 unspecified atom stereocenters. The predicted octanol–water partition coefficient (Wildman–Crippen LogP) is 3.51. The van der Waals surface area contributed by atoms with Crippen molar-refractivity contribution in [2.75, 3.05) is 26.2 Å². The van der Waals surface area contributed by atoms with Gasteiger partial charge < -0.3 is 14.5 Å². The van der Waals surface area contributed by atoms with Crippen LogP contribution in [0.25, 0.3) is 0 Å². The van der Waals surface area contributed by atoms with Crippen molar-refractivity contribution in [3.63, 3.8) is 0 Å². The van der Waals surface area contributed by atoms with Gasteiger partial charge in [0.1, 0.15) is 5.75 Å². The van der Waals surface area contributed by atoms with Crippen LogP contribution in [0, 0.1) is 5.92 Å². The normalized spacial score (nSPS) is 15.2. The molecule has 0 aliphatic carbocycles. The second-order valence-electron chi connectivity index (χ2n) is 7.56. The Morgan fingerprint density at radius 3 is 2.15 bits per heavy atom. The molecule has 0 bridgehead atoms. The zero-order chi connectivity index (χ0) is 19.8. The van der Waals surface area contributed by atoms with Gasteiger partial charge in [-0.15, -0.1) is 0 Å². The molecule has 1 aromatic rings. The molecule has 0 spiro atoms. The highest BCUT2D eigenvalue weighted by atomic mass is 16.5. The number of amides is 2. The van der Waals surface area contributed by atoms with Gasteiger partial charge in [-0.05, 0) is 50.8 Å². The Labute approximate surface area is 163 Å². The number of hydrogen-bond donors (Lipinski definition) is 0. The third kappa shape index (κ3) is 6.26. The first-order valence-electron chi connectivity index (χ1n) is 10.3.